The van der Waals surface area contributed by atoms with Crippen molar-refractivity contribution in [2.75, 3.05) is 44.4 Å². The van der Waals surface area contributed by atoms with Gasteiger partial charge in [0.05, 0.1) is 53.8 Å². The number of rotatable bonds is 16. The van der Waals surface area contributed by atoms with Gasteiger partial charge in [-0.1, -0.05) is 55.5 Å². The summed E-state index contributed by atoms with van der Waals surface area (Å²) < 4.78 is 39.3. The smallest absolute Gasteiger partial charge is 0.303 e. The van der Waals surface area contributed by atoms with E-state index in [0.717, 1.165) is 56.5 Å². The predicted octanol–water partition coefficient (Wildman–Crippen LogP) is 2.04. The molecular weight excluding hydrogens is 691 g/mol. The van der Waals surface area contributed by atoms with Gasteiger partial charge in [-0.3, -0.25) is 14.4 Å². The molecule has 3 aromatic rings. The van der Waals surface area contributed by atoms with Gasteiger partial charge < -0.3 is 30.1 Å². The van der Waals surface area contributed by atoms with E-state index in [1.807, 2.05) is 79.1 Å². The van der Waals surface area contributed by atoms with Gasteiger partial charge >= 0.3 is 5.97 Å². The highest BCUT2D eigenvalue weighted by atomic mass is 32.2. The molecule has 0 fully saturated rings. The highest BCUT2D eigenvalue weighted by molar-refractivity contribution is 7.85. The predicted molar refractivity (Wildman–Crippen MR) is 196 cm³/mol. The highest BCUT2D eigenvalue weighted by Crippen LogP contribution is 2.48. The number of nitrogens with zero attached hydrogens (tertiary/aromatic N) is 2. The van der Waals surface area contributed by atoms with Gasteiger partial charge in [-0.05, 0) is 43.0 Å². The normalized spacial score (nSPS) is 18.2. The minimum atomic E-state index is -4.85. The number of benzene rings is 2. The maximum Gasteiger partial charge on any atom is 0.303 e. The Kier molecular flexibility index (Phi) is 11.5. The third-order valence-electron chi connectivity index (χ3n) is 9.64. The number of aromatic nitrogens is 1. The molecule has 2 aliphatic rings. The van der Waals surface area contributed by atoms with Crippen LogP contribution in [0.15, 0.2) is 77.1 Å². The molecule has 0 radical (unpaired) electrons. The first-order valence-corrected chi connectivity index (χ1v) is 19.4. The average molecular weight is 737 g/mol. The molecule has 0 saturated heterocycles. The fourth-order valence-electron chi connectivity index (χ4n) is 6.74. The molecule has 5 rings (SSSR count). The monoisotopic (exact) mass is 736 g/mol. The number of allylic oxidation sites excluding steroid dienone is 4. The molecule has 1 aliphatic heterocycles. The molecule has 2 heterocycles. The molecule has 4 N–H and O–H groups in total. The Morgan fingerprint density at radius 2 is 1.78 bits per heavy atom. The van der Waals surface area contributed by atoms with Crippen molar-refractivity contribution in [1.29, 1.82) is 0 Å². The summed E-state index contributed by atoms with van der Waals surface area (Å²) in [5.74, 6) is -2.75. The van der Waals surface area contributed by atoms with E-state index in [4.69, 9.17) is 5.11 Å². The SMILES string of the molecule is CN1C(=CC2=C(NC(CS(=O)(=O)[O-])C(=O)NCC[NH+](C)CCCCCC(=O)O)C(=Cc3sc4ccccc4[n+]3C)C2=O)C(C)(C)c2ccccc21. The summed E-state index contributed by atoms with van der Waals surface area (Å²) in [6.45, 7) is 5.68. The topological polar surface area (TPSA) is 164 Å². The van der Waals surface area contributed by atoms with Crippen molar-refractivity contribution in [3.8, 4) is 0 Å². The summed E-state index contributed by atoms with van der Waals surface area (Å²) in [5, 5.41) is 15.4. The van der Waals surface area contributed by atoms with Gasteiger partial charge in [0.1, 0.15) is 17.8 Å². The number of ketones is 1. The molecule has 1 aromatic heterocycles. The van der Waals surface area contributed by atoms with Crippen molar-refractivity contribution in [2.24, 2.45) is 7.05 Å². The summed E-state index contributed by atoms with van der Waals surface area (Å²) in [7, 11) is 0.931. The number of Topliss-reactive ketones (excluding diaryl/α,β-unsaturated/α-hetero) is 1. The summed E-state index contributed by atoms with van der Waals surface area (Å²) in [6.07, 6.45) is 5.88. The number of fused-ring (bicyclic) bond motifs is 2. The van der Waals surface area contributed by atoms with Crippen LogP contribution in [0, 0.1) is 0 Å². The van der Waals surface area contributed by atoms with Gasteiger partial charge in [0.15, 0.2) is 5.78 Å². The second-order valence-electron chi connectivity index (χ2n) is 13.7. The second kappa shape index (κ2) is 15.5. The first-order chi connectivity index (χ1) is 24.1. The molecule has 0 spiro atoms. The van der Waals surface area contributed by atoms with Gasteiger partial charge in [0, 0.05) is 48.0 Å². The third-order valence-corrected chi connectivity index (χ3v) is 11.5. The minimum Gasteiger partial charge on any atom is -0.748 e. The van der Waals surface area contributed by atoms with Crippen LogP contribution < -0.4 is 25.0 Å². The Bertz CT molecular complexity index is 2050. The number of carbonyl (C=O) groups is 3. The number of hydrogen-bond acceptors (Lipinski definition) is 9. The number of quaternary nitrogens is 1. The van der Waals surface area contributed by atoms with E-state index in [9.17, 15) is 27.4 Å². The van der Waals surface area contributed by atoms with Crippen LogP contribution >= 0.6 is 11.3 Å². The summed E-state index contributed by atoms with van der Waals surface area (Å²) in [6, 6.07) is 14.4. The van der Waals surface area contributed by atoms with Crippen molar-refractivity contribution in [2.45, 2.75) is 51.0 Å². The van der Waals surface area contributed by atoms with Crippen LogP contribution in [0.3, 0.4) is 0 Å². The van der Waals surface area contributed by atoms with Crippen molar-refractivity contribution in [3.05, 3.63) is 87.7 Å². The zero-order valence-corrected chi connectivity index (χ0v) is 31.2. The van der Waals surface area contributed by atoms with E-state index in [-0.39, 0.29) is 24.3 Å². The molecule has 2 unspecified atom stereocenters. The van der Waals surface area contributed by atoms with E-state index in [0.29, 0.717) is 24.2 Å². The molecule has 0 bridgehead atoms. The number of para-hydroxylation sites is 2. The van der Waals surface area contributed by atoms with Crippen molar-refractivity contribution < 1.29 is 41.9 Å². The number of likely N-dealkylation sites (N-methyl/N-ethyl adjacent to an activating group) is 2. The molecule has 2 atom stereocenters. The molecule has 1 amide bonds. The van der Waals surface area contributed by atoms with E-state index in [1.54, 1.807) is 12.2 Å². The molecule has 12 nitrogen and oxygen atoms in total. The lowest BCUT2D eigenvalue weighted by atomic mass is 9.79. The summed E-state index contributed by atoms with van der Waals surface area (Å²) in [4.78, 5) is 41.4. The molecule has 272 valence electrons. The van der Waals surface area contributed by atoms with Crippen LogP contribution in [-0.4, -0.2) is 81.3 Å². The van der Waals surface area contributed by atoms with E-state index >= 15 is 0 Å². The Balaban J connectivity index is 1.44. The quantitative estimate of drug-likeness (QED) is 0.0746. The lowest BCUT2D eigenvalue weighted by Crippen LogP contribution is -3.09. The van der Waals surface area contributed by atoms with Crippen molar-refractivity contribution in [1.82, 2.24) is 10.6 Å². The van der Waals surface area contributed by atoms with Gasteiger partial charge in [-0.25, -0.2) is 8.42 Å². The van der Waals surface area contributed by atoms with Crippen LogP contribution in [-0.2, 0) is 37.0 Å². The number of carboxylic acids is 1. The maximum atomic E-state index is 14.0. The van der Waals surface area contributed by atoms with Crippen LogP contribution in [0.5, 0.6) is 0 Å². The van der Waals surface area contributed by atoms with Crippen LogP contribution in [0.4, 0.5) is 5.69 Å². The van der Waals surface area contributed by atoms with Crippen LogP contribution in [0.2, 0.25) is 0 Å². The number of carbonyl (C=O) groups excluding carboxylic acids is 2. The Morgan fingerprint density at radius 1 is 1.08 bits per heavy atom. The number of unbranched alkanes of at least 4 members (excludes halogenated alkanes) is 2. The van der Waals surface area contributed by atoms with Gasteiger partial charge in [-0.2, -0.15) is 4.57 Å². The highest BCUT2D eigenvalue weighted by Gasteiger charge is 2.42. The first kappa shape index (κ1) is 37.9. The van der Waals surface area contributed by atoms with Gasteiger partial charge in [-0.15, -0.1) is 0 Å². The first-order valence-electron chi connectivity index (χ1n) is 17.0. The van der Waals surface area contributed by atoms with Gasteiger partial charge in [0.2, 0.25) is 11.4 Å². The molecule has 2 aromatic carbocycles. The largest absolute Gasteiger partial charge is 0.748 e. The number of aliphatic carboxylic acids is 1. The maximum absolute atomic E-state index is 14.0. The molecular formula is C37H46N5O7S2+. The Hall–Kier alpha value is -4.37. The Labute approximate surface area is 302 Å². The summed E-state index contributed by atoms with van der Waals surface area (Å²) in [5.41, 5.74) is 4.36. The zero-order chi connectivity index (χ0) is 37.1. The van der Waals surface area contributed by atoms with Crippen LogP contribution in [0.25, 0.3) is 16.3 Å². The number of hydrogen-bond donors (Lipinski definition) is 4. The zero-order valence-electron chi connectivity index (χ0n) is 29.6. The average Bonchev–Trinajstić information content (AvgIpc) is 3.49. The number of thiazole rings is 1. The lowest BCUT2D eigenvalue weighted by molar-refractivity contribution is -0.878. The van der Waals surface area contributed by atoms with Crippen molar-refractivity contribution >= 4 is 61.1 Å². The fraction of sp³-hybridized carbons (Fsp3) is 0.405. The van der Waals surface area contributed by atoms with Gasteiger partial charge in [0.25, 0.3) is 5.01 Å². The number of amides is 1. The Morgan fingerprint density at radius 3 is 2.47 bits per heavy atom. The van der Waals surface area contributed by atoms with Crippen molar-refractivity contribution in [3.63, 3.8) is 0 Å². The number of anilines is 1. The summed E-state index contributed by atoms with van der Waals surface area (Å²) >= 11 is 1.50. The lowest BCUT2D eigenvalue weighted by Gasteiger charge is -2.31. The second-order valence-corrected chi connectivity index (χ2v) is 16.3. The molecule has 0 saturated carbocycles. The number of aryl methyl sites for hydroxylation is 1. The van der Waals surface area contributed by atoms with E-state index in [2.05, 4.69) is 24.5 Å². The van der Waals surface area contributed by atoms with E-state index < -0.39 is 39.2 Å². The third kappa shape index (κ3) is 8.58. The van der Waals surface area contributed by atoms with E-state index in [1.165, 1.54) is 11.3 Å². The molecule has 14 heteroatoms. The fourth-order valence-corrected chi connectivity index (χ4v) is 8.48. The number of carboxylic acid groups (broad SMARTS) is 1. The molecule has 51 heavy (non-hydrogen) atoms. The minimum absolute atomic E-state index is 0.133. The number of nitrogens with one attached hydrogen (secondary N) is 3. The van der Waals surface area contributed by atoms with Crippen LogP contribution in [0.1, 0.15) is 50.1 Å². The molecule has 1 aliphatic carbocycles. The standard InChI is InChI=1S/C37H45N5O7S2/c1-37(2)26-13-8-9-14-28(26)41(4)31(37)21-24-34(25(35(24)45)22-32-42(5)29-15-10-11-16-30(29)50-32)39-27(23-51(47,48)49)36(46)38-18-20-40(3)19-12-6-7-17-33(43)44/h8-11,13-16,21-22,27H,6-7,12,17-20,23H2,1-5H3,(H3-,38,39,43,44,45,46,47,48,49)/p+1.